The highest BCUT2D eigenvalue weighted by molar-refractivity contribution is 8.01. The molecule has 3 aromatic rings. The van der Waals surface area contributed by atoms with Crippen LogP contribution in [-0.2, 0) is 9.59 Å². The minimum atomic E-state index is -0.116. The summed E-state index contributed by atoms with van der Waals surface area (Å²) in [6.07, 6.45) is 0.434. The van der Waals surface area contributed by atoms with Crippen molar-refractivity contribution in [2.45, 2.75) is 24.6 Å². The molecule has 2 N–H and O–H groups in total. The summed E-state index contributed by atoms with van der Waals surface area (Å²) >= 11 is 8.96. The molecule has 0 aliphatic carbocycles. The molecular formula is C19H18ClN3O2S2. The zero-order valence-electron chi connectivity index (χ0n) is 14.8. The van der Waals surface area contributed by atoms with Gasteiger partial charge in [-0.2, -0.15) is 0 Å². The molecule has 0 unspecified atom stereocenters. The van der Waals surface area contributed by atoms with E-state index in [1.807, 2.05) is 44.2 Å². The molecule has 0 aliphatic rings. The third-order valence-corrected chi connectivity index (χ3v) is 6.32. The number of rotatable bonds is 6. The summed E-state index contributed by atoms with van der Waals surface area (Å²) in [5.41, 5.74) is 3.25. The van der Waals surface area contributed by atoms with Gasteiger partial charge >= 0.3 is 0 Å². The first-order valence-corrected chi connectivity index (χ1v) is 10.5. The number of nitrogens with zero attached hydrogens (tertiary/aromatic N) is 1. The third kappa shape index (κ3) is 5.22. The zero-order chi connectivity index (χ0) is 19.4. The first kappa shape index (κ1) is 19.7. The van der Waals surface area contributed by atoms with Gasteiger partial charge in [-0.25, -0.2) is 4.98 Å². The number of carbonyl (C=O) groups is 2. The molecule has 2 amide bonds. The number of benzene rings is 2. The van der Waals surface area contributed by atoms with Gasteiger partial charge in [0.25, 0.3) is 0 Å². The number of thioether (sulfide) groups is 1. The minimum Gasteiger partial charge on any atom is -0.326 e. The quantitative estimate of drug-likeness (QED) is 0.529. The Hall–Kier alpha value is -2.09. The molecule has 140 valence electrons. The number of halogens is 1. The number of aromatic nitrogens is 1. The molecule has 1 heterocycles. The molecule has 8 heteroatoms. The van der Waals surface area contributed by atoms with Crippen LogP contribution in [0.3, 0.4) is 0 Å². The van der Waals surface area contributed by atoms with Crippen molar-refractivity contribution in [3.63, 3.8) is 0 Å². The third-order valence-electron chi connectivity index (χ3n) is 3.76. The molecule has 0 aliphatic heterocycles. The minimum absolute atomic E-state index is 0.0265. The van der Waals surface area contributed by atoms with Crippen LogP contribution in [0.2, 0.25) is 5.02 Å². The fraction of sp³-hybridized carbons (Fsp3) is 0.211. The maximum Gasteiger partial charge on any atom is 0.234 e. The van der Waals surface area contributed by atoms with Crippen LogP contribution in [0.4, 0.5) is 11.4 Å². The van der Waals surface area contributed by atoms with E-state index < -0.39 is 0 Å². The smallest absolute Gasteiger partial charge is 0.234 e. The van der Waals surface area contributed by atoms with Crippen LogP contribution in [0.25, 0.3) is 10.2 Å². The Bertz CT molecular complexity index is 1000. The van der Waals surface area contributed by atoms with E-state index in [1.165, 1.54) is 23.1 Å². The molecule has 0 bridgehead atoms. The van der Waals surface area contributed by atoms with Crippen molar-refractivity contribution in [1.29, 1.82) is 0 Å². The Morgan fingerprint density at radius 2 is 1.81 bits per heavy atom. The van der Waals surface area contributed by atoms with Crippen molar-refractivity contribution < 1.29 is 9.59 Å². The van der Waals surface area contributed by atoms with Gasteiger partial charge in [0.15, 0.2) is 4.34 Å². The SMILES string of the molecule is CCC(=O)Nc1ccc2nc(SCC(=O)Nc3ccc(C)c(Cl)c3)sc2c1. The number of hydrogen-bond donors (Lipinski definition) is 2. The molecule has 5 nitrogen and oxygen atoms in total. The Morgan fingerprint density at radius 3 is 2.56 bits per heavy atom. The lowest BCUT2D eigenvalue weighted by Crippen LogP contribution is -2.13. The molecule has 2 aromatic carbocycles. The van der Waals surface area contributed by atoms with Crippen molar-refractivity contribution in [3.8, 4) is 0 Å². The van der Waals surface area contributed by atoms with Gasteiger partial charge in [0.2, 0.25) is 11.8 Å². The Balaban J connectivity index is 1.61. The van der Waals surface area contributed by atoms with Gasteiger partial charge in [-0.3, -0.25) is 9.59 Å². The van der Waals surface area contributed by atoms with Crippen LogP contribution in [0, 0.1) is 6.92 Å². The number of carbonyl (C=O) groups excluding carboxylic acids is 2. The van der Waals surface area contributed by atoms with Gasteiger partial charge in [0, 0.05) is 22.8 Å². The fourth-order valence-electron chi connectivity index (χ4n) is 2.29. The van der Waals surface area contributed by atoms with Gasteiger partial charge in [0.05, 0.1) is 16.0 Å². The second kappa shape index (κ2) is 8.73. The summed E-state index contributed by atoms with van der Waals surface area (Å²) in [6.45, 7) is 3.72. The molecule has 1 aromatic heterocycles. The van der Waals surface area contributed by atoms with Crippen molar-refractivity contribution in [3.05, 3.63) is 47.0 Å². The molecular weight excluding hydrogens is 402 g/mol. The van der Waals surface area contributed by atoms with E-state index in [1.54, 1.807) is 6.07 Å². The van der Waals surface area contributed by atoms with Gasteiger partial charge < -0.3 is 10.6 Å². The van der Waals surface area contributed by atoms with Gasteiger partial charge in [-0.05, 0) is 42.8 Å². The summed E-state index contributed by atoms with van der Waals surface area (Å²) < 4.78 is 1.78. The standard InChI is InChI=1S/C19H18ClN3O2S2/c1-3-17(24)21-13-6-7-15-16(9-13)27-19(23-15)26-10-18(25)22-12-5-4-11(2)14(20)8-12/h4-9H,3,10H2,1-2H3,(H,21,24)(H,22,25). The number of amides is 2. The summed E-state index contributed by atoms with van der Waals surface area (Å²) in [4.78, 5) is 28.2. The van der Waals surface area contributed by atoms with Crippen molar-refractivity contribution >= 4 is 68.1 Å². The second-order valence-electron chi connectivity index (χ2n) is 5.86. The predicted molar refractivity (Wildman–Crippen MR) is 114 cm³/mol. The number of aryl methyl sites for hydroxylation is 1. The lowest BCUT2D eigenvalue weighted by Gasteiger charge is -2.06. The summed E-state index contributed by atoms with van der Waals surface area (Å²) in [5.74, 6) is 0.113. The Labute approximate surface area is 170 Å². The van der Waals surface area contributed by atoms with Crippen molar-refractivity contribution in [1.82, 2.24) is 4.98 Å². The molecule has 0 saturated heterocycles. The molecule has 0 atom stereocenters. The highest BCUT2D eigenvalue weighted by atomic mass is 35.5. The first-order chi connectivity index (χ1) is 12.9. The number of anilines is 2. The molecule has 0 radical (unpaired) electrons. The predicted octanol–water partition coefficient (Wildman–Crippen LogP) is 5.34. The Morgan fingerprint density at radius 1 is 1.11 bits per heavy atom. The maximum absolute atomic E-state index is 12.2. The van der Waals surface area contributed by atoms with Crippen LogP contribution in [0.1, 0.15) is 18.9 Å². The maximum atomic E-state index is 12.2. The largest absolute Gasteiger partial charge is 0.326 e. The molecule has 27 heavy (non-hydrogen) atoms. The summed E-state index contributed by atoms with van der Waals surface area (Å²) in [7, 11) is 0. The summed E-state index contributed by atoms with van der Waals surface area (Å²) in [6, 6.07) is 11.0. The highest BCUT2D eigenvalue weighted by Crippen LogP contribution is 2.31. The van der Waals surface area contributed by atoms with E-state index >= 15 is 0 Å². The van der Waals surface area contributed by atoms with Crippen molar-refractivity contribution in [2.75, 3.05) is 16.4 Å². The monoisotopic (exact) mass is 419 g/mol. The lowest BCUT2D eigenvalue weighted by molar-refractivity contribution is -0.116. The molecule has 0 spiro atoms. The Kier molecular flexibility index (Phi) is 6.36. The van der Waals surface area contributed by atoms with E-state index in [2.05, 4.69) is 15.6 Å². The van der Waals surface area contributed by atoms with Crippen LogP contribution in [0.5, 0.6) is 0 Å². The number of hydrogen-bond acceptors (Lipinski definition) is 5. The number of fused-ring (bicyclic) bond motifs is 1. The average Bonchev–Trinajstić information content (AvgIpc) is 3.05. The zero-order valence-corrected chi connectivity index (χ0v) is 17.2. The van der Waals surface area contributed by atoms with E-state index in [9.17, 15) is 9.59 Å². The lowest BCUT2D eigenvalue weighted by atomic mass is 10.2. The average molecular weight is 420 g/mol. The van der Waals surface area contributed by atoms with Crippen LogP contribution in [-0.4, -0.2) is 22.6 Å². The normalized spacial score (nSPS) is 10.8. The number of nitrogens with one attached hydrogen (secondary N) is 2. The number of thiazole rings is 1. The fourth-order valence-corrected chi connectivity index (χ4v) is 4.38. The first-order valence-electron chi connectivity index (χ1n) is 8.34. The highest BCUT2D eigenvalue weighted by Gasteiger charge is 2.10. The topological polar surface area (TPSA) is 71.1 Å². The molecule has 3 rings (SSSR count). The van der Waals surface area contributed by atoms with Crippen LogP contribution < -0.4 is 10.6 Å². The van der Waals surface area contributed by atoms with E-state index in [-0.39, 0.29) is 17.6 Å². The summed E-state index contributed by atoms with van der Waals surface area (Å²) in [5, 5.41) is 6.30. The van der Waals surface area contributed by atoms with E-state index in [0.29, 0.717) is 17.1 Å². The molecule has 0 fully saturated rings. The molecule has 0 saturated carbocycles. The van der Waals surface area contributed by atoms with E-state index in [4.69, 9.17) is 11.6 Å². The van der Waals surface area contributed by atoms with Crippen molar-refractivity contribution in [2.24, 2.45) is 0 Å². The van der Waals surface area contributed by atoms with Crippen LogP contribution in [0.15, 0.2) is 40.7 Å². The van der Waals surface area contributed by atoms with Crippen LogP contribution >= 0.6 is 34.7 Å². The van der Waals surface area contributed by atoms with Gasteiger partial charge in [-0.1, -0.05) is 36.4 Å². The van der Waals surface area contributed by atoms with Gasteiger partial charge in [-0.15, -0.1) is 11.3 Å². The second-order valence-corrected chi connectivity index (χ2v) is 8.53. The van der Waals surface area contributed by atoms with E-state index in [0.717, 1.165) is 25.8 Å². The van der Waals surface area contributed by atoms with Gasteiger partial charge in [0.1, 0.15) is 0 Å².